The summed E-state index contributed by atoms with van der Waals surface area (Å²) < 4.78 is 28.1. The molecule has 1 aromatic rings. The zero-order valence-corrected chi connectivity index (χ0v) is 13.5. The van der Waals surface area contributed by atoms with Crippen LogP contribution < -0.4 is 10.0 Å². The summed E-state index contributed by atoms with van der Waals surface area (Å²) in [6.07, 6.45) is 2.98. The fraction of sp³-hybridized carbons (Fsp3) is 0.600. The second kappa shape index (κ2) is 5.74. The van der Waals surface area contributed by atoms with Gasteiger partial charge in [0, 0.05) is 18.8 Å². The van der Waals surface area contributed by atoms with Crippen LogP contribution in [0.25, 0.3) is 0 Å². The lowest BCUT2D eigenvalue weighted by molar-refractivity contribution is 0.537. The van der Waals surface area contributed by atoms with E-state index in [1.54, 1.807) is 0 Å². The summed E-state index contributed by atoms with van der Waals surface area (Å²) >= 11 is 0. The van der Waals surface area contributed by atoms with Crippen molar-refractivity contribution >= 4 is 15.7 Å². The van der Waals surface area contributed by atoms with Gasteiger partial charge in [-0.05, 0) is 62.3 Å². The molecule has 0 amide bonds. The molecule has 2 atom stereocenters. The van der Waals surface area contributed by atoms with E-state index in [2.05, 4.69) is 17.0 Å². The Hall–Kier alpha value is -1.07. The van der Waals surface area contributed by atoms with Crippen LogP contribution in [-0.4, -0.2) is 21.5 Å². The van der Waals surface area contributed by atoms with E-state index in [9.17, 15) is 8.42 Å². The van der Waals surface area contributed by atoms with Crippen LogP contribution in [0.4, 0.5) is 5.69 Å². The van der Waals surface area contributed by atoms with Gasteiger partial charge in [0.2, 0.25) is 10.0 Å². The van der Waals surface area contributed by atoms with Gasteiger partial charge in [0.25, 0.3) is 0 Å². The van der Waals surface area contributed by atoms with Crippen molar-refractivity contribution in [1.29, 1.82) is 0 Å². The number of rotatable bonds is 4. The van der Waals surface area contributed by atoms with Crippen molar-refractivity contribution in [3.05, 3.63) is 23.3 Å². The fourth-order valence-electron chi connectivity index (χ4n) is 3.11. The highest BCUT2D eigenvalue weighted by Gasteiger charge is 2.28. The van der Waals surface area contributed by atoms with E-state index < -0.39 is 10.0 Å². The number of nitrogens with one attached hydrogen (secondary N) is 2. The third-order valence-corrected chi connectivity index (χ3v) is 5.86. The molecule has 2 N–H and O–H groups in total. The molecule has 2 unspecified atom stereocenters. The Morgan fingerprint density at radius 1 is 1.15 bits per heavy atom. The van der Waals surface area contributed by atoms with Crippen molar-refractivity contribution in [3.63, 3.8) is 0 Å². The monoisotopic (exact) mass is 296 g/mol. The van der Waals surface area contributed by atoms with Crippen molar-refractivity contribution in [2.45, 2.75) is 51.0 Å². The molecule has 0 bridgehead atoms. The zero-order valence-electron chi connectivity index (χ0n) is 12.7. The average molecular weight is 296 g/mol. The van der Waals surface area contributed by atoms with E-state index in [0.29, 0.717) is 10.8 Å². The van der Waals surface area contributed by atoms with Crippen molar-refractivity contribution in [3.8, 4) is 0 Å². The molecular formula is C15H24N2O2S. The van der Waals surface area contributed by atoms with E-state index in [0.717, 1.165) is 36.1 Å². The van der Waals surface area contributed by atoms with Gasteiger partial charge in [-0.3, -0.25) is 0 Å². The lowest BCUT2D eigenvalue weighted by atomic mass is 10.1. The Labute approximate surface area is 122 Å². The normalized spacial score (nSPS) is 23.0. The number of anilines is 1. The quantitative estimate of drug-likeness (QED) is 0.898. The maximum atomic E-state index is 12.6. The summed E-state index contributed by atoms with van der Waals surface area (Å²) in [6, 6.07) is 3.83. The summed E-state index contributed by atoms with van der Waals surface area (Å²) in [4.78, 5) is 0.427. The van der Waals surface area contributed by atoms with E-state index in [1.807, 2.05) is 33.0 Å². The van der Waals surface area contributed by atoms with E-state index in [1.165, 1.54) is 0 Å². The van der Waals surface area contributed by atoms with Crippen LogP contribution in [0.5, 0.6) is 0 Å². The molecule has 1 saturated carbocycles. The van der Waals surface area contributed by atoms with Crippen LogP contribution in [0.3, 0.4) is 0 Å². The topological polar surface area (TPSA) is 58.2 Å². The standard InChI is InChI=1S/C15H24N2O2S/c1-10-5-6-13(7-10)17-20(18,19)15-11(2)8-14(16-4)9-12(15)3/h8-10,13,16-17H,5-7H2,1-4H3. The minimum atomic E-state index is -3.43. The third-order valence-electron chi connectivity index (χ3n) is 4.03. The second-order valence-electron chi connectivity index (χ2n) is 5.93. The molecule has 1 aromatic carbocycles. The summed E-state index contributed by atoms with van der Waals surface area (Å²) in [5.41, 5.74) is 2.51. The predicted molar refractivity (Wildman–Crippen MR) is 82.6 cm³/mol. The molecule has 1 fully saturated rings. The fourth-order valence-corrected chi connectivity index (χ4v) is 4.85. The molecule has 0 heterocycles. The molecule has 2 rings (SSSR count). The molecule has 0 aliphatic heterocycles. The molecule has 0 aromatic heterocycles. The van der Waals surface area contributed by atoms with E-state index >= 15 is 0 Å². The number of benzene rings is 1. The first-order valence-electron chi connectivity index (χ1n) is 7.15. The van der Waals surface area contributed by atoms with Gasteiger partial charge in [0.15, 0.2) is 0 Å². The largest absolute Gasteiger partial charge is 0.388 e. The lowest BCUT2D eigenvalue weighted by Gasteiger charge is -2.17. The van der Waals surface area contributed by atoms with Gasteiger partial charge in [0.1, 0.15) is 0 Å². The SMILES string of the molecule is CNc1cc(C)c(S(=O)(=O)NC2CCC(C)C2)c(C)c1. The molecule has 1 aliphatic carbocycles. The maximum Gasteiger partial charge on any atom is 0.241 e. The van der Waals surface area contributed by atoms with Crippen molar-refractivity contribution in [1.82, 2.24) is 4.72 Å². The van der Waals surface area contributed by atoms with Crippen molar-refractivity contribution in [2.75, 3.05) is 12.4 Å². The Kier molecular flexibility index (Phi) is 4.39. The molecule has 1 aliphatic rings. The van der Waals surface area contributed by atoms with Crippen LogP contribution >= 0.6 is 0 Å². The highest BCUT2D eigenvalue weighted by molar-refractivity contribution is 7.89. The van der Waals surface area contributed by atoms with E-state index in [-0.39, 0.29) is 6.04 Å². The number of aryl methyl sites for hydroxylation is 2. The van der Waals surface area contributed by atoms with Crippen LogP contribution in [0, 0.1) is 19.8 Å². The molecule has 0 radical (unpaired) electrons. The molecule has 112 valence electrons. The van der Waals surface area contributed by atoms with Gasteiger partial charge in [-0.2, -0.15) is 0 Å². The highest BCUT2D eigenvalue weighted by atomic mass is 32.2. The molecule has 5 heteroatoms. The Bertz CT molecular complexity index is 573. The first-order valence-corrected chi connectivity index (χ1v) is 8.63. The molecule has 0 spiro atoms. The van der Waals surface area contributed by atoms with Crippen LogP contribution in [0.15, 0.2) is 17.0 Å². The minimum absolute atomic E-state index is 0.0813. The van der Waals surface area contributed by atoms with Gasteiger partial charge in [-0.15, -0.1) is 0 Å². The maximum absolute atomic E-state index is 12.6. The van der Waals surface area contributed by atoms with Crippen molar-refractivity contribution in [2.24, 2.45) is 5.92 Å². The van der Waals surface area contributed by atoms with Gasteiger partial charge < -0.3 is 5.32 Å². The molecule has 4 nitrogen and oxygen atoms in total. The zero-order chi connectivity index (χ0) is 14.9. The molecule has 0 saturated heterocycles. The Morgan fingerprint density at radius 2 is 1.75 bits per heavy atom. The smallest absolute Gasteiger partial charge is 0.241 e. The third kappa shape index (κ3) is 3.15. The van der Waals surface area contributed by atoms with Crippen LogP contribution in [-0.2, 0) is 10.0 Å². The minimum Gasteiger partial charge on any atom is -0.388 e. The summed E-state index contributed by atoms with van der Waals surface area (Å²) in [7, 11) is -1.60. The first kappa shape index (κ1) is 15.3. The van der Waals surface area contributed by atoms with Gasteiger partial charge in [0.05, 0.1) is 4.90 Å². The van der Waals surface area contributed by atoms with Gasteiger partial charge in [-0.1, -0.05) is 6.92 Å². The molecule has 20 heavy (non-hydrogen) atoms. The predicted octanol–water partition coefficient (Wildman–Crippen LogP) is 2.81. The summed E-state index contributed by atoms with van der Waals surface area (Å²) in [5, 5.41) is 3.05. The second-order valence-corrected chi connectivity index (χ2v) is 7.58. The van der Waals surface area contributed by atoms with Gasteiger partial charge in [-0.25, -0.2) is 13.1 Å². The summed E-state index contributed by atoms with van der Waals surface area (Å²) in [5.74, 6) is 0.608. The highest BCUT2D eigenvalue weighted by Crippen LogP contribution is 2.28. The first-order chi connectivity index (χ1) is 9.33. The average Bonchev–Trinajstić information content (AvgIpc) is 2.72. The van der Waals surface area contributed by atoms with E-state index in [4.69, 9.17) is 0 Å². The van der Waals surface area contributed by atoms with Crippen LogP contribution in [0.1, 0.15) is 37.3 Å². The van der Waals surface area contributed by atoms with Crippen molar-refractivity contribution < 1.29 is 8.42 Å². The van der Waals surface area contributed by atoms with Gasteiger partial charge >= 0.3 is 0 Å². The van der Waals surface area contributed by atoms with Crippen LogP contribution in [0.2, 0.25) is 0 Å². The number of sulfonamides is 1. The Balaban J connectivity index is 2.30. The number of hydrogen-bond donors (Lipinski definition) is 2. The lowest BCUT2D eigenvalue weighted by Crippen LogP contribution is -2.33. The Morgan fingerprint density at radius 3 is 2.20 bits per heavy atom. The molecular weight excluding hydrogens is 272 g/mol. The summed E-state index contributed by atoms with van der Waals surface area (Å²) in [6.45, 7) is 5.87. The number of hydrogen-bond acceptors (Lipinski definition) is 3.